The Bertz CT molecular complexity index is 80.6. The molecule has 0 aliphatic rings. The summed E-state index contributed by atoms with van der Waals surface area (Å²) in [6.45, 7) is 5.64. The summed E-state index contributed by atoms with van der Waals surface area (Å²) in [7, 11) is 0. The van der Waals surface area contributed by atoms with Crippen LogP contribution in [-0.2, 0) is 4.74 Å². The Morgan fingerprint density at radius 1 is 1.75 bits per heavy atom. The Labute approximate surface area is 50.4 Å². The quantitative estimate of drug-likeness (QED) is 0.432. The SMILES string of the molecule is CCC(C)OC(C)=N. The van der Waals surface area contributed by atoms with E-state index in [9.17, 15) is 0 Å². The Balaban J connectivity index is 3.24. The molecule has 0 aliphatic carbocycles. The molecule has 1 unspecified atom stereocenters. The minimum atomic E-state index is 0.201. The maximum Gasteiger partial charge on any atom is 0.177 e. The van der Waals surface area contributed by atoms with Gasteiger partial charge in [0.05, 0.1) is 6.10 Å². The van der Waals surface area contributed by atoms with Gasteiger partial charge >= 0.3 is 0 Å². The van der Waals surface area contributed by atoms with Crippen LogP contribution in [0.5, 0.6) is 0 Å². The lowest BCUT2D eigenvalue weighted by Gasteiger charge is -2.08. The van der Waals surface area contributed by atoms with Gasteiger partial charge in [-0.25, -0.2) is 0 Å². The first-order chi connectivity index (χ1) is 3.66. The maximum absolute atomic E-state index is 6.91. The monoisotopic (exact) mass is 115 g/mol. The smallest absolute Gasteiger partial charge is 0.177 e. The van der Waals surface area contributed by atoms with E-state index in [2.05, 4.69) is 0 Å². The van der Waals surface area contributed by atoms with Crippen molar-refractivity contribution in [3.8, 4) is 0 Å². The number of hydrogen-bond acceptors (Lipinski definition) is 2. The van der Waals surface area contributed by atoms with Crippen LogP contribution in [0.3, 0.4) is 0 Å². The molecule has 0 saturated carbocycles. The van der Waals surface area contributed by atoms with E-state index in [1.807, 2.05) is 13.8 Å². The van der Waals surface area contributed by atoms with Crippen molar-refractivity contribution in [3.05, 3.63) is 0 Å². The van der Waals surface area contributed by atoms with Gasteiger partial charge in [-0.3, -0.25) is 5.41 Å². The average Bonchev–Trinajstić information content (AvgIpc) is 1.65. The molecule has 0 amide bonds. The normalized spacial score (nSPS) is 12.9. The molecule has 1 N–H and O–H groups in total. The van der Waals surface area contributed by atoms with Crippen LogP contribution in [0.4, 0.5) is 0 Å². The summed E-state index contributed by atoms with van der Waals surface area (Å²) in [6, 6.07) is 0. The Morgan fingerprint density at radius 2 is 2.25 bits per heavy atom. The molecule has 0 aromatic rings. The first-order valence-electron chi connectivity index (χ1n) is 2.88. The van der Waals surface area contributed by atoms with Crippen molar-refractivity contribution in [2.24, 2.45) is 0 Å². The van der Waals surface area contributed by atoms with E-state index in [-0.39, 0.29) is 6.10 Å². The van der Waals surface area contributed by atoms with Crippen LogP contribution >= 0.6 is 0 Å². The van der Waals surface area contributed by atoms with Crippen LogP contribution in [0.2, 0.25) is 0 Å². The minimum absolute atomic E-state index is 0.201. The molecule has 0 aliphatic heterocycles. The lowest BCUT2D eigenvalue weighted by Crippen LogP contribution is -2.09. The van der Waals surface area contributed by atoms with Gasteiger partial charge in [0.2, 0.25) is 0 Å². The van der Waals surface area contributed by atoms with Crippen LogP contribution in [0.1, 0.15) is 27.2 Å². The van der Waals surface area contributed by atoms with Gasteiger partial charge in [0.15, 0.2) is 5.90 Å². The predicted octanol–water partition coefficient (Wildman–Crippen LogP) is 1.80. The first-order valence-corrected chi connectivity index (χ1v) is 2.88. The van der Waals surface area contributed by atoms with Crippen molar-refractivity contribution < 1.29 is 4.74 Å². The van der Waals surface area contributed by atoms with Gasteiger partial charge in [0.1, 0.15) is 0 Å². The van der Waals surface area contributed by atoms with Crippen molar-refractivity contribution in [2.75, 3.05) is 0 Å². The van der Waals surface area contributed by atoms with Crippen LogP contribution < -0.4 is 0 Å². The van der Waals surface area contributed by atoms with Crippen molar-refractivity contribution in [1.29, 1.82) is 5.41 Å². The molecule has 0 aromatic carbocycles. The van der Waals surface area contributed by atoms with Crippen molar-refractivity contribution in [2.45, 2.75) is 33.3 Å². The van der Waals surface area contributed by atoms with Gasteiger partial charge in [0, 0.05) is 6.92 Å². The second-order valence-electron chi connectivity index (χ2n) is 1.89. The molecule has 0 fully saturated rings. The van der Waals surface area contributed by atoms with Crippen LogP contribution in [0, 0.1) is 5.41 Å². The summed E-state index contributed by atoms with van der Waals surface area (Å²) < 4.78 is 4.98. The summed E-state index contributed by atoms with van der Waals surface area (Å²) in [5.74, 6) is 0.305. The second-order valence-corrected chi connectivity index (χ2v) is 1.89. The van der Waals surface area contributed by atoms with Gasteiger partial charge in [-0.15, -0.1) is 0 Å². The first kappa shape index (κ1) is 7.47. The molecule has 48 valence electrons. The third-order valence-corrected chi connectivity index (χ3v) is 0.953. The fourth-order valence-electron chi connectivity index (χ4n) is 0.385. The maximum atomic E-state index is 6.91. The zero-order valence-corrected chi connectivity index (χ0v) is 5.69. The summed E-state index contributed by atoms with van der Waals surface area (Å²) in [5, 5.41) is 6.91. The molecule has 0 saturated heterocycles. The minimum Gasteiger partial charge on any atom is -0.478 e. The van der Waals surface area contributed by atoms with Crippen LogP contribution in [0.25, 0.3) is 0 Å². The van der Waals surface area contributed by atoms with E-state index in [0.29, 0.717) is 5.90 Å². The van der Waals surface area contributed by atoms with Crippen molar-refractivity contribution in [1.82, 2.24) is 0 Å². The van der Waals surface area contributed by atoms with Gasteiger partial charge in [-0.2, -0.15) is 0 Å². The number of nitrogens with one attached hydrogen (secondary N) is 1. The van der Waals surface area contributed by atoms with Gasteiger partial charge in [-0.1, -0.05) is 6.92 Å². The Morgan fingerprint density at radius 3 is 2.38 bits per heavy atom. The molecule has 2 nitrogen and oxygen atoms in total. The molecule has 0 heterocycles. The molecule has 1 atom stereocenters. The topological polar surface area (TPSA) is 33.1 Å². The number of hydrogen-bond donors (Lipinski definition) is 1. The van der Waals surface area contributed by atoms with Crippen LogP contribution in [0.15, 0.2) is 0 Å². The van der Waals surface area contributed by atoms with Crippen molar-refractivity contribution in [3.63, 3.8) is 0 Å². The van der Waals surface area contributed by atoms with E-state index in [4.69, 9.17) is 10.1 Å². The number of rotatable bonds is 2. The average molecular weight is 115 g/mol. The highest BCUT2D eigenvalue weighted by Gasteiger charge is 1.96. The highest BCUT2D eigenvalue weighted by Crippen LogP contribution is 1.94. The fraction of sp³-hybridized carbons (Fsp3) is 0.833. The van der Waals surface area contributed by atoms with Gasteiger partial charge in [-0.05, 0) is 13.3 Å². The Hall–Kier alpha value is -0.530. The second kappa shape index (κ2) is 3.47. The Kier molecular flexibility index (Phi) is 3.24. The zero-order valence-electron chi connectivity index (χ0n) is 5.69. The fourth-order valence-corrected chi connectivity index (χ4v) is 0.385. The van der Waals surface area contributed by atoms with Crippen molar-refractivity contribution >= 4 is 5.90 Å². The van der Waals surface area contributed by atoms with E-state index in [0.717, 1.165) is 6.42 Å². The van der Waals surface area contributed by atoms with Crippen LogP contribution in [-0.4, -0.2) is 12.0 Å². The van der Waals surface area contributed by atoms with E-state index >= 15 is 0 Å². The van der Waals surface area contributed by atoms with E-state index in [1.165, 1.54) is 0 Å². The molecule has 0 aromatic heterocycles. The largest absolute Gasteiger partial charge is 0.478 e. The summed E-state index contributed by atoms with van der Waals surface area (Å²) in [6.07, 6.45) is 1.17. The predicted molar refractivity (Wildman–Crippen MR) is 34.2 cm³/mol. The molecule has 0 bridgehead atoms. The van der Waals surface area contributed by atoms with Gasteiger partial charge < -0.3 is 4.74 Å². The molecule has 0 radical (unpaired) electrons. The summed E-state index contributed by atoms with van der Waals surface area (Å²) in [4.78, 5) is 0. The highest BCUT2D eigenvalue weighted by molar-refractivity contribution is 5.69. The molecular weight excluding hydrogens is 102 g/mol. The third kappa shape index (κ3) is 3.65. The highest BCUT2D eigenvalue weighted by atomic mass is 16.5. The molecule has 2 heteroatoms. The van der Waals surface area contributed by atoms with Gasteiger partial charge in [0.25, 0.3) is 0 Å². The molecule has 8 heavy (non-hydrogen) atoms. The molecule has 0 rings (SSSR count). The third-order valence-electron chi connectivity index (χ3n) is 0.953. The molecular formula is C6H13NO. The zero-order chi connectivity index (χ0) is 6.57. The number of ether oxygens (including phenoxy) is 1. The lowest BCUT2D eigenvalue weighted by atomic mass is 10.3. The summed E-state index contributed by atoms with van der Waals surface area (Å²) in [5.41, 5.74) is 0. The lowest BCUT2D eigenvalue weighted by molar-refractivity contribution is 0.200. The van der Waals surface area contributed by atoms with E-state index in [1.54, 1.807) is 6.92 Å². The van der Waals surface area contributed by atoms with E-state index < -0.39 is 0 Å². The summed E-state index contributed by atoms with van der Waals surface area (Å²) >= 11 is 0. The standard InChI is InChI=1S/C6H13NO/c1-4-5(2)8-6(3)7/h5,7H,4H2,1-3H3. The molecule has 0 spiro atoms.